The molecule has 6 heteroatoms. The second-order valence-corrected chi connectivity index (χ2v) is 6.95. The summed E-state index contributed by atoms with van der Waals surface area (Å²) in [5, 5.41) is 5.50. The van der Waals surface area contributed by atoms with Gasteiger partial charge >= 0.3 is 5.97 Å². The maximum absolute atomic E-state index is 12.4. The quantitative estimate of drug-likeness (QED) is 0.747. The molecule has 0 saturated heterocycles. The van der Waals surface area contributed by atoms with Crippen molar-refractivity contribution in [3.63, 3.8) is 0 Å². The van der Waals surface area contributed by atoms with Gasteiger partial charge in [0.05, 0.1) is 6.42 Å². The molecule has 0 heterocycles. The number of rotatable bonds is 6. The molecule has 2 rings (SSSR count). The SMILES string of the molecule is CC(=O)Nc1ccc(CC(=O)O[C@@H](C)C(=O)Nc2c(C)cc(C)cc2C)cc1. The zero-order chi connectivity index (χ0) is 20.8. The van der Waals surface area contributed by atoms with Crippen LogP contribution in [0.15, 0.2) is 36.4 Å². The molecule has 2 N–H and O–H groups in total. The molecule has 0 aliphatic carbocycles. The van der Waals surface area contributed by atoms with E-state index >= 15 is 0 Å². The summed E-state index contributed by atoms with van der Waals surface area (Å²) in [7, 11) is 0. The molecule has 0 fully saturated rings. The van der Waals surface area contributed by atoms with Gasteiger partial charge in [-0.15, -0.1) is 0 Å². The Morgan fingerprint density at radius 3 is 2.07 bits per heavy atom. The third-order valence-corrected chi connectivity index (χ3v) is 4.23. The Balaban J connectivity index is 1.93. The summed E-state index contributed by atoms with van der Waals surface area (Å²) in [6.07, 6.45) is -0.869. The van der Waals surface area contributed by atoms with Gasteiger partial charge < -0.3 is 15.4 Å². The number of anilines is 2. The monoisotopic (exact) mass is 382 g/mol. The van der Waals surface area contributed by atoms with Gasteiger partial charge in [0.1, 0.15) is 0 Å². The highest BCUT2D eigenvalue weighted by Gasteiger charge is 2.19. The van der Waals surface area contributed by atoms with Gasteiger partial charge in [-0.05, 0) is 56.5 Å². The molecule has 0 saturated carbocycles. The summed E-state index contributed by atoms with van der Waals surface area (Å²) in [5.41, 5.74) is 5.18. The van der Waals surface area contributed by atoms with Crippen LogP contribution in [0.3, 0.4) is 0 Å². The third kappa shape index (κ3) is 5.94. The summed E-state index contributed by atoms with van der Waals surface area (Å²) >= 11 is 0. The summed E-state index contributed by atoms with van der Waals surface area (Å²) in [4.78, 5) is 35.6. The fourth-order valence-corrected chi connectivity index (χ4v) is 2.97. The van der Waals surface area contributed by atoms with Crippen LogP contribution in [0, 0.1) is 20.8 Å². The van der Waals surface area contributed by atoms with Gasteiger partial charge in [0.15, 0.2) is 6.10 Å². The van der Waals surface area contributed by atoms with E-state index in [9.17, 15) is 14.4 Å². The van der Waals surface area contributed by atoms with E-state index in [-0.39, 0.29) is 18.2 Å². The van der Waals surface area contributed by atoms with E-state index in [4.69, 9.17) is 4.74 Å². The summed E-state index contributed by atoms with van der Waals surface area (Å²) in [5.74, 6) is -1.03. The molecule has 0 radical (unpaired) electrons. The molecule has 0 aromatic heterocycles. The zero-order valence-electron chi connectivity index (χ0n) is 16.9. The zero-order valence-corrected chi connectivity index (χ0v) is 16.9. The van der Waals surface area contributed by atoms with E-state index in [1.165, 1.54) is 6.92 Å². The van der Waals surface area contributed by atoms with Crippen molar-refractivity contribution < 1.29 is 19.1 Å². The number of nitrogens with one attached hydrogen (secondary N) is 2. The molecule has 2 aromatic rings. The predicted molar refractivity (Wildman–Crippen MR) is 109 cm³/mol. The maximum Gasteiger partial charge on any atom is 0.311 e. The van der Waals surface area contributed by atoms with Crippen molar-refractivity contribution in [2.24, 2.45) is 0 Å². The number of hydrogen-bond acceptors (Lipinski definition) is 4. The van der Waals surface area contributed by atoms with E-state index in [2.05, 4.69) is 10.6 Å². The normalized spacial score (nSPS) is 11.5. The summed E-state index contributed by atoms with van der Waals surface area (Å²) in [6, 6.07) is 10.9. The molecule has 6 nitrogen and oxygen atoms in total. The minimum absolute atomic E-state index is 0.0422. The third-order valence-electron chi connectivity index (χ3n) is 4.23. The number of carbonyl (C=O) groups excluding carboxylic acids is 3. The second-order valence-electron chi connectivity index (χ2n) is 6.95. The Morgan fingerprint density at radius 1 is 0.964 bits per heavy atom. The van der Waals surface area contributed by atoms with Gasteiger partial charge in [0.2, 0.25) is 5.91 Å². The standard InChI is InChI=1S/C22H26N2O4/c1-13-10-14(2)21(15(3)11-13)24-22(27)16(4)28-20(26)12-18-6-8-19(9-7-18)23-17(5)25/h6-11,16H,12H2,1-5H3,(H,23,25)(H,24,27)/t16-/m0/s1. The lowest BCUT2D eigenvalue weighted by atomic mass is 10.0. The first-order valence-corrected chi connectivity index (χ1v) is 9.10. The van der Waals surface area contributed by atoms with Crippen molar-refractivity contribution in [1.29, 1.82) is 0 Å². The van der Waals surface area contributed by atoms with E-state index < -0.39 is 12.1 Å². The Kier molecular flexibility index (Phi) is 6.93. The predicted octanol–water partition coefficient (Wildman–Crippen LogP) is 3.68. The lowest BCUT2D eigenvalue weighted by Gasteiger charge is -2.17. The fourth-order valence-electron chi connectivity index (χ4n) is 2.97. The van der Waals surface area contributed by atoms with Crippen LogP contribution in [0.2, 0.25) is 0 Å². The van der Waals surface area contributed by atoms with Crippen LogP contribution in [-0.2, 0) is 25.5 Å². The van der Waals surface area contributed by atoms with E-state index in [0.717, 1.165) is 27.9 Å². The van der Waals surface area contributed by atoms with Gasteiger partial charge in [0, 0.05) is 18.3 Å². The highest BCUT2D eigenvalue weighted by molar-refractivity contribution is 5.96. The Morgan fingerprint density at radius 2 is 1.54 bits per heavy atom. The lowest BCUT2D eigenvalue weighted by molar-refractivity contribution is -0.152. The molecule has 2 amide bonds. The number of aryl methyl sites for hydroxylation is 3. The van der Waals surface area contributed by atoms with Crippen LogP contribution in [0.25, 0.3) is 0 Å². The number of hydrogen-bond donors (Lipinski definition) is 2. The molecule has 148 valence electrons. The second kappa shape index (κ2) is 9.17. The van der Waals surface area contributed by atoms with Crippen molar-refractivity contribution in [3.05, 3.63) is 58.7 Å². The number of benzene rings is 2. The van der Waals surface area contributed by atoms with Crippen LogP contribution in [0.1, 0.15) is 36.1 Å². The molecule has 0 bridgehead atoms. The topological polar surface area (TPSA) is 84.5 Å². The van der Waals surface area contributed by atoms with Crippen LogP contribution in [0.5, 0.6) is 0 Å². The largest absolute Gasteiger partial charge is 0.452 e. The summed E-state index contributed by atoms with van der Waals surface area (Å²) < 4.78 is 5.27. The van der Waals surface area contributed by atoms with E-state index in [1.807, 2.05) is 32.9 Å². The Labute approximate surface area is 165 Å². The molecule has 0 spiro atoms. The smallest absolute Gasteiger partial charge is 0.311 e. The molecule has 0 unspecified atom stereocenters. The minimum atomic E-state index is -0.911. The van der Waals surface area contributed by atoms with Crippen molar-refractivity contribution in [3.8, 4) is 0 Å². The first kappa shape index (κ1) is 21.2. The van der Waals surface area contributed by atoms with E-state index in [0.29, 0.717) is 5.69 Å². The highest BCUT2D eigenvalue weighted by Crippen LogP contribution is 2.22. The molecule has 0 aliphatic heterocycles. The fraction of sp³-hybridized carbons (Fsp3) is 0.318. The molecular weight excluding hydrogens is 356 g/mol. The molecule has 28 heavy (non-hydrogen) atoms. The van der Waals surface area contributed by atoms with Crippen molar-refractivity contribution in [2.45, 2.75) is 47.1 Å². The van der Waals surface area contributed by atoms with Gasteiger partial charge in [-0.1, -0.05) is 29.8 Å². The van der Waals surface area contributed by atoms with Crippen molar-refractivity contribution in [1.82, 2.24) is 0 Å². The summed E-state index contributed by atoms with van der Waals surface area (Å²) in [6.45, 7) is 8.83. The Hall–Kier alpha value is -3.15. The van der Waals surface area contributed by atoms with Crippen molar-refractivity contribution in [2.75, 3.05) is 10.6 Å². The minimum Gasteiger partial charge on any atom is -0.452 e. The van der Waals surface area contributed by atoms with Crippen LogP contribution in [-0.4, -0.2) is 23.9 Å². The average molecular weight is 382 g/mol. The lowest BCUT2D eigenvalue weighted by Crippen LogP contribution is -2.31. The van der Waals surface area contributed by atoms with E-state index in [1.54, 1.807) is 31.2 Å². The number of ether oxygens (including phenoxy) is 1. The molecule has 0 aliphatic rings. The van der Waals surface area contributed by atoms with Gasteiger partial charge in [0.25, 0.3) is 5.91 Å². The van der Waals surface area contributed by atoms with Crippen LogP contribution in [0.4, 0.5) is 11.4 Å². The first-order valence-electron chi connectivity index (χ1n) is 9.10. The van der Waals surface area contributed by atoms with Gasteiger partial charge in [-0.2, -0.15) is 0 Å². The van der Waals surface area contributed by atoms with Crippen molar-refractivity contribution >= 4 is 29.2 Å². The Bertz CT molecular complexity index is 865. The number of amides is 2. The van der Waals surface area contributed by atoms with Crippen LogP contribution >= 0.6 is 0 Å². The average Bonchev–Trinajstić information content (AvgIpc) is 2.59. The number of carbonyl (C=O) groups is 3. The molecule has 1 atom stereocenters. The highest BCUT2D eigenvalue weighted by atomic mass is 16.5. The van der Waals surface area contributed by atoms with Gasteiger partial charge in [-0.25, -0.2) is 0 Å². The maximum atomic E-state index is 12.4. The molecule has 2 aromatic carbocycles. The first-order chi connectivity index (χ1) is 13.2. The van der Waals surface area contributed by atoms with Crippen LogP contribution < -0.4 is 10.6 Å². The number of esters is 1. The van der Waals surface area contributed by atoms with Gasteiger partial charge in [-0.3, -0.25) is 14.4 Å². The molecular formula is C22H26N2O4.